The smallest absolute Gasteiger partial charge is 0.118 e. The fourth-order valence-corrected chi connectivity index (χ4v) is 3.87. The minimum absolute atomic E-state index is 0.574. The van der Waals surface area contributed by atoms with Gasteiger partial charge in [0.1, 0.15) is 5.75 Å². The molecule has 114 valence electrons. The highest BCUT2D eigenvalue weighted by atomic mass is 16.5. The fraction of sp³-hybridized carbons (Fsp3) is 0.368. The van der Waals surface area contributed by atoms with Crippen LogP contribution in [0, 0.1) is 0 Å². The highest BCUT2D eigenvalue weighted by Gasteiger charge is 2.34. The summed E-state index contributed by atoms with van der Waals surface area (Å²) in [4.78, 5) is 0. The van der Waals surface area contributed by atoms with E-state index in [9.17, 15) is 0 Å². The third-order valence-electron chi connectivity index (χ3n) is 4.97. The molecule has 2 heterocycles. The van der Waals surface area contributed by atoms with Gasteiger partial charge >= 0.3 is 0 Å². The summed E-state index contributed by atoms with van der Waals surface area (Å²) in [6.07, 6.45) is 2.40. The average Bonchev–Trinajstić information content (AvgIpc) is 2.76. The molecule has 0 radical (unpaired) electrons. The molecule has 2 aromatic carbocycles. The van der Waals surface area contributed by atoms with Crippen LogP contribution in [-0.4, -0.2) is 26.2 Å². The molecule has 2 aliphatic heterocycles. The lowest BCUT2D eigenvalue weighted by atomic mass is 9.86. The second-order valence-electron chi connectivity index (χ2n) is 6.18. The lowest BCUT2D eigenvalue weighted by Crippen LogP contribution is -2.21. The van der Waals surface area contributed by atoms with Crippen LogP contribution in [0.5, 0.6) is 5.75 Å². The number of nitrogens with one attached hydrogen (secondary N) is 2. The van der Waals surface area contributed by atoms with Crippen molar-refractivity contribution in [3.05, 3.63) is 48.0 Å². The lowest BCUT2D eigenvalue weighted by molar-refractivity contribution is 0.415. The zero-order chi connectivity index (χ0) is 14.9. The molecule has 1 saturated heterocycles. The molecule has 3 heteroatoms. The third-order valence-corrected chi connectivity index (χ3v) is 4.97. The third kappa shape index (κ3) is 2.26. The number of hydrogen-bond donors (Lipinski definition) is 2. The first-order valence-electron chi connectivity index (χ1n) is 8.11. The first-order chi connectivity index (χ1) is 10.9. The molecular weight excluding hydrogens is 272 g/mol. The van der Waals surface area contributed by atoms with Crippen LogP contribution in [0.3, 0.4) is 0 Å². The van der Waals surface area contributed by atoms with Gasteiger partial charge in [0.15, 0.2) is 0 Å². The van der Waals surface area contributed by atoms with Crippen molar-refractivity contribution in [3.63, 3.8) is 0 Å². The van der Waals surface area contributed by atoms with Crippen molar-refractivity contribution in [1.29, 1.82) is 0 Å². The van der Waals surface area contributed by atoms with E-state index in [0.717, 1.165) is 18.8 Å². The molecule has 3 nitrogen and oxygen atoms in total. The standard InChI is InChI=1S/C19H22N2O/c1-22-14-7-5-13(6-8-14)15-3-2-4-18-19(15)16-9-11-20-12-10-17(16)21-18/h2-8,16-17,20-21H,9-12H2,1H3/t16-,17-/m0/s1. The molecule has 2 atom stereocenters. The van der Waals surface area contributed by atoms with Crippen LogP contribution in [0.4, 0.5) is 5.69 Å². The highest BCUT2D eigenvalue weighted by molar-refractivity contribution is 5.78. The quantitative estimate of drug-likeness (QED) is 0.887. The number of anilines is 1. The first-order valence-corrected chi connectivity index (χ1v) is 8.11. The molecule has 0 unspecified atom stereocenters. The molecule has 0 spiro atoms. The van der Waals surface area contributed by atoms with Gasteiger partial charge in [-0.15, -0.1) is 0 Å². The van der Waals surface area contributed by atoms with Crippen LogP contribution in [0.15, 0.2) is 42.5 Å². The number of ether oxygens (including phenoxy) is 1. The number of hydrogen-bond acceptors (Lipinski definition) is 3. The van der Waals surface area contributed by atoms with Crippen LogP contribution in [0.1, 0.15) is 24.3 Å². The van der Waals surface area contributed by atoms with Crippen molar-refractivity contribution in [1.82, 2.24) is 5.32 Å². The van der Waals surface area contributed by atoms with E-state index in [4.69, 9.17) is 4.74 Å². The van der Waals surface area contributed by atoms with Gasteiger partial charge < -0.3 is 15.4 Å². The van der Waals surface area contributed by atoms with Gasteiger partial charge in [-0.25, -0.2) is 0 Å². The van der Waals surface area contributed by atoms with E-state index in [2.05, 4.69) is 41.0 Å². The monoisotopic (exact) mass is 294 g/mol. The van der Waals surface area contributed by atoms with Crippen molar-refractivity contribution in [2.24, 2.45) is 0 Å². The minimum atomic E-state index is 0.574. The summed E-state index contributed by atoms with van der Waals surface area (Å²) >= 11 is 0. The minimum Gasteiger partial charge on any atom is -0.497 e. The summed E-state index contributed by atoms with van der Waals surface area (Å²) in [6.45, 7) is 2.22. The predicted octanol–water partition coefficient (Wildman–Crippen LogP) is 3.62. The van der Waals surface area contributed by atoms with E-state index < -0.39 is 0 Å². The Hall–Kier alpha value is -2.00. The number of methoxy groups -OCH3 is 1. The van der Waals surface area contributed by atoms with Gasteiger partial charge in [-0.05, 0) is 60.8 Å². The second-order valence-corrected chi connectivity index (χ2v) is 6.18. The summed E-state index contributed by atoms with van der Waals surface area (Å²) in [6, 6.07) is 15.6. The molecule has 0 amide bonds. The Morgan fingerprint density at radius 1 is 1.00 bits per heavy atom. The number of fused-ring (bicyclic) bond motifs is 3. The Balaban J connectivity index is 1.77. The summed E-state index contributed by atoms with van der Waals surface area (Å²) in [5.41, 5.74) is 5.46. The predicted molar refractivity (Wildman–Crippen MR) is 90.7 cm³/mol. The van der Waals surface area contributed by atoms with Gasteiger partial charge in [0.25, 0.3) is 0 Å². The van der Waals surface area contributed by atoms with Gasteiger partial charge in [0.05, 0.1) is 7.11 Å². The Morgan fingerprint density at radius 3 is 2.64 bits per heavy atom. The van der Waals surface area contributed by atoms with Gasteiger partial charge in [0.2, 0.25) is 0 Å². The van der Waals surface area contributed by atoms with Crippen molar-refractivity contribution in [2.75, 3.05) is 25.5 Å². The maximum Gasteiger partial charge on any atom is 0.118 e. The molecule has 2 aliphatic rings. The normalized spacial score (nSPS) is 23.1. The topological polar surface area (TPSA) is 33.3 Å². The van der Waals surface area contributed by atoms with E-state index in [1.807, 2.05) is 12.1 Å². The Labute approximate surface area is 131 Å². The van der Waals surface area contributed by atoms with Crippen LogP contribution in [0.2, 0.25) is 0 Å². The van der Waals surface area contributed by atoms with Crippen LogP contribution in [-0.2, 0) is 0 Å². The summed E-state index contributed by atoms with van der Waals surface area (Å²) in [5, 5.41) is 7.27. The van der Waals surface area contributed by atoms with Gasteiger partial charge in [-0.2, -0.15) is 0 Å². The Kier molecular flexibility index (Phi) is 3.51. The average molecular weight is 294 g/mol. The molecule has 0 bridgehead atoms. The first kappa shape index (κ1) is 13.6. The fourth-order valence-electron chi connectivity index (χ4n) is 3.87. The number of rotatable bonds is 2. The SMILES string of the molecule is COc1ccc(-c2cccc3c2[C@H]2CCNCC[C@@H]2N3)cc1. The number of benzene rings is 2. The summed E-state index contributed by atoms with van der Waals surface area (Å²) in [7, 11) is 1.71. The van der Waals surface area contributed by atoms with E-state index in [-0.39, 0.29) is 0 Å². The lowest BCUT2D eigenvalue weighted by Gasteiger charge is -2.18. The Morgan fingerprint density at radius 2 is 1.82 bits per heavy atom. The molecule has 1 fully saturated rings. The Bertz CT molecular complexity index is 666. The van der Waals surface area contributed by atoms with Crippen molar-refractivity contribution < 1.29 is 4.74 Å². The molecule has 2 N–H and O–H groups in total. The van der Waals surface area contributed by atoms with Gasteiger partial charge in [-0.3, -0.25) is 0 Å². The highest BCUT2D eigenvalue weighted by Crippen LogP contribution is 2.45. The molecule has 0 saturated carbocycles. The van der Waals surface area contributed by atoms with Gasteiger partial charge in [0, 0.05) is 17.6 Å². The molecule has 0 aliphatic carbocycles. The zero-order valence-corrected chi connectivity index (χ0v) is 12.9. The summed E-state index contributed by atoms with van der Waals surface area (Å²) < 4.78 is 5.28. The van der Waals surface area contributed by atoms with Crippen LogP contribution in [0.25, 0.3) is 11.1 Å². The maximum atomic E-state index is 5.28. The van der Waals surface area contributed by atoms with E-state index in [1.54, 1.807) is 7.11 Å². The van der Waals surface area contributed by atoms with Gasteiger partial charge in [-0.1, -0.05) is 24.3 Å². The van der Waals surface area contributed by atoms with E-state index in [0.29, 0.717) is 12.0 Å². The maximum absolute atomic E-state index is 5.28. The molecule has 2 aromatic rings. The molecule has 4 rings (SSSR count). The van der Waals surface area contributed by atoms with E-state index in [1.165, 1.54) is 35.2 Å². The zero-order valence-electron chi connectivity index (χ0n) is 12.9. The largest absolute Gasteiger partial charge is 0.497 e. The molecule has 22 heavy (non-hydrogen) atoms. The van der Waals surface area contributed by atoms with E-state index >= 15 is 0 Å². The second kappa shape index (κ2) is 5.65. The summed E-state index contributed by atoms with van der Waals surface area (Å²) in [5.74, 6) is 1.52. The molecular formula is C19H22N2O. The van der Waals surface area contributed by atoms with Crippen molar-refractivity contribution in [3.8, 4) is 16.9 Å². The van der Waals surface area contributed by atoms with Crippen molar-refractivity contribution >= 4 is 5.69 Å². The van der Waals surface area contributed by atoms with Crippen LogP contribution < -0.4 is 15.4 Å². The van der Waals surface area contributed by atoms with Crippen LogP contribution >= 0.6 is 0 Å². The van der Waals surface area contributed by atoms with Crippen molar-refractivity contribution in [2.45, 2.75) is 24.8 Å². The molecule has 0 aromatic heterocycles.